The molecule has 22 heavy (non-hydrogen) atoms. The summed E-state index contributed by atoms with van der Waals surface area (Å²) in [6.45, 7) is 2.47. The summed E-state index contributed by atoms with van der Waals surface area (Å²) < 4.78 is 0. The third-order valence-electron chi connectivity index (χ3n) is 2.92. The number of thiophene rings is 1. The Hall–Kier alpha value is -1.67. The summed E-state index contributed by atoms with van der Waals surface area (Å²) in [6.07, 6.45) is 2.98. The SMILES string of the molecule is CCc1cc2c(SCC(=O)NCCCC(=O)O)ncnc2s1. The highest BCUT2D eigenvalue weighted by Gasteiger charge is 2.10. The summed E-state index contributed by atoms with van der Waals surface area (Å²) in [4.78, 5) is 32.8. The van der Waals surface area contributed by atoms with Crippen LogP contribution >= 0.6 is 23.1 Å². The van der Waals surface area contributed by atoms with Gasteiger partial charge in [0.05, 0.1) is 5.75 Å². The molecule has 2 heterocycles. The van der Waals surface area contributed by atoms with Gasteiger partial charge in [-0.05, 0) is 18.9 Å². The van der Waals surface area contributed by atoms with Crippen LogP contribution in [-0.4, -0.2) is 39.2 Å². The first-order chi connectivity index (χ1) is 10.6. The number of nitrogens with one attached hydrogen (secondary N) is 1. The van der Waals surface area contributed by atoms with E-state index in [0.29, 0.717) is 13.0 Å². The second-order valence-electron chi connectivity index (χ2n) is 4.60. The normalized spacial score (nSPS) is 10.8. The molecule has 0 spiro atoms. The number of nitrogens with zero attached hydrogens (tertiary/aromatic N) is 2. The van der Waals surface area contributed by atoms with Crippen molar-refractivity contribution in [3.05, 3.63) is 17.3 Å². The highest BCUT2D eigenvalue weighted by atomic mass is 32.2. The summed E-state index contributed by atoms with van der Waals surface area (Å²) in [6, 6.07) is 2.08. The quantitative estimate of drug-likeness (QED) is 0.436. The molecule has 8 heteroatoms. The summed E-state index contributed by atoms with van der Waals surface area (Å²) in [5.74, 6) is -0.708. The van der Waals surface area contributed by atoms with Gasteiger partial charge in [-0.3, -0.25) is 9.59 Å². The van der Waals surface area contributed by atoms with E-state index >= 15 is 0 Å². The molecule has 2 aromatic rings. The van der Waals surface area contributed by atoms with Crippen molar-refractivity contribution in [3.8, 4) is 0 Å². The third-order valence-corrected chi connectivity index (χ3v) is 5.11. The number of aromatic nitrogens is 2. The maximum absolute atomic E-state index is 11.7. The number of carbonyl (C=O) groups excluding carboxylic acids is 1. The van der Waals surface area contributed by atoms with E-state index in [1.165, 1.54) is 23.0 Å². The van der Waals surface area contributed by atoms with Gasteiger partial charge in [-0.1, -0.05) is 18.7 Å². The lowest BCUT2D eigenvalue weighted by Gasteiger charge is -2.04. The van der Waals surface area contributed by atoms with Crippen molar-refractivity contribution in [2.45, 2.75) is 31.2 Å². The third kappa shape index (κ3) is 4.67. The van der Waals surface area contributed by atoms with Crippen LogP contribution in [0.1, 0.15) is 24.6 Å². The Balaban J connectivity index is 1.87. The van der Waals surface area contributed by atoms with Crippen molar-refractivity contribution in [1.82, 2.24) is 15.3 Å². The first kappa shape index (κ1) is 16.7. The molecule has 0 aromatic carbocycles. The smallest absolute Gasteiger partial charge is 0.303 e. The fraction of sp³-hybridized carbons (Fsp3) is 0.429. The number of rotatable bonds is 8. The lowest BCUT2D eigenvalue weighted by molar-refractivity contribution is -0.137. The number of carboxylic acid groups (broad SMARTS) is 1. The molecule has 2 aromatic heterocycles. The molecule has 0 aliphatic rings. The van der Waals surface area contributed by atoms with Crippen LogP contribution in [-0.2, 0) is 16.0 Å². The van der Waals surface area contributed by atoms with E-state index in [4.69, 9.17) is 5.11 Å². The highest BCUT2D eigenvalue weighted by molar-refractivity contribution is 8.00. The Kier molecular flexibility index (Phi) is 6.14. The van der Waals surface area contributed by atoms with Gasteiger partial charge in [0.25, 0.3) is 0 Å². The average Bonchev–Trinajstić information content (AvgIpc) is 2.93. The van der Waals surface area contributed by atoms with E-state index < -0.39 is 5.97 Å². The van der Waals surface area contributed by atoms with Crippen LogP contribution in [0.15, 0.2) is 17.4 Å². The number of aryl methyl sites for hydroxylation is 1. The molecule has 2 rings (SSSR count). The van der Waals surface area contributed by atoms with Gasteiger partial charge in [0.15, 0.2) is 0 Å². The van der Waals surface area contributed by atoms with Crippen LogP contribution < -0.4 is 5.32 Å². The maximum atomic E-state index is 11.7. The first-order valence-electron chi connectivity index (χ1n) is 6.95. The predicted octanol–water partition coefficient (Wildman–Crippen LogP) is 2.33. The summed E-state index contributed by atoms with van der Waals surface area (Å²) in [7, 11) is 0. The number of thioether (sulfide) groups is 1. The van der Waals surface area contributed by atoms with Crippen molar-refractivity contribution < 1.29 is 14.7 Å². The molecule has 0 atom stereocenters. The van der Waals surface area contributed by atoms with E-state index in [9.17, 15) is 9.59 Å². The van der Waals surface area contributed by atoms with Crippen LogP contribution in [0, 0.1) is 0 Å². The van der Waals surface area contributed by atoms with Gasteiger partial charge < -0.3 is 10.4 Å². The molecular formula is C14H17N3O3S2. The van der Waals surface area contributed by atoms with E-state index in [0.717, 1.165) is 21.7 Å². The molecule has 0 unspecified atom stereocenters. The molecule has 0 aliphatic carbocycles. The Bertz CT molecular complexity index is 672. The number of aliphatic carboxylic acids is 1. The Morgan fingerprint density at radius 3 is 2.95 bits per heavy atom. The molecule has 6 nitrogen and oxygen atoms in total. The van der Waals surface area contributed by atoms with Crippen LogP contribution in [0.2, 0.25) is 0 Å². The zero-order valence-electron chi connectivity index (χ0n) is 12.2. The molecule has 0 fully saturated rings. The maximum Gasteiger partial charge on any atom is 0.303 e. The lowest BCUT2D eigenvalue weighted by atomic mass is 10.3. The van der Waals surface area contributed by atoms with Gasteiger partial charge >= 0.3 is 5.97 Å². The zero-order chi connectivity index (χ0) is 15.9. The molecule has 2 N–H and O–H groups in total. The standard InChI is InChI=1S/C14H17N3O3S2/c1-2-9-6-10-13(16-8-17-14(10)22-9)21-7-11(18)15-5-3-4-12(19)20/h6,8H,2-5,7H2,1H3,(H,15,18)(H,19,20). The van der Waals surface area contributed by atoms with E-state index in [1.807, 2.05) is 0 Å². The molecule has 0 bridgehead atoms. The van der Waals surface area contributed by atoms with Crippen LogP contribution in [0.4, 0.5) is 0 Å². The number of hydrogen-bond donors (Lipinski definition) is 2. The second-order valence-corrected chi connectivity index (χ2v) is 6.68. The van der Waals surface area contributed by atoms with Crippen LogP contribution in [0.3, 0.4) is 0 Å². The van der Waals surface area contributed by atoms with E-state index in [-0.39, 0.29) is 18.1 Å². The lowest BCUT2D eigenvalue weighted by Crippen LogP contribution is -2.26. The Labute approximate surface area is 136 Å². The minimum atomic E-state index is -0.851. The molecular weight excluding hydrogens is 322 g/mol. The van der Waals surface area contributed by atoms with E-state index in [1.54, 1.807) is 11.3 Å². The minimum absolute atomic E-state index is 0.0641. The van der Waals surface area contributed by atoms with Gasteiger partial charge in [0.1, 0.15) is 16.2 Å². The van der Waals surface area contributed by atoms with Crippen molar-refractivity contribution >= 4 is 45.2 Å². The van der Waals surface area contributed by atoms with Gasteiger partial charge in [-0.15, -0.1) is 11.3 Å². The zero-order valence-corrected chi connectivity index (χ0v) is 13.8. The molecule has 0 saturated heterocycles. The van der Waals surface area contributed by atoms with Crippen molar-refractivity contribution in [2.75, 3.05) is 12.3 Å². The number of carbonyl (C=O) groups is 2. The molecule has 0 saturated carbocycles. The number of hydrogen-bond acceptors (Lipinski definition) is 6. The number of fused-ring (bicyclic) bond motifs is 1. The van der Waals surface area contributed by atoms with Gasteiger partial charge in [0, 0.05) is 23.2 Å². The molecule has 118 valence electrons. The Morgan fingerprint density at radius 2 is 2.23 bits per heavy atom. The summed E-state index contributed by atoms with van der Waals surface area (Å²) in [5.41, 5.74) is 0. The minimum Gasteiger partial charge on any atom is -0.481 e. The van der Waals surface area contributed by atoms with Crippen LogP contribution in [0.25, 0.3) is 10.2 Å². The van der Waals surface area contributed by atoms with Crippen molar-refractivity contribution in [1.29, 1.82) is 0 Å². The van der Waals surface area contributed by atoms with Gasteiger partial charge in [0.2, 0.25) is 5.91 Å². The summed E-state index contributed by atoms with van der Waals surface area (Å²) in [5, 5.41) is 13.0. The van der Waals surface area contributed by atoms with Gasteiger partial charge in [-0.25, -0.2) is 9.97 Å². The average molecular weight is 339 g/mol. The number of amides is 1. The number of carboxylic acids is 1. The fourth-order valence-corrected chi connectivity index (χ4v) is 3.63. The fourth-order valence-electron chi connectivity index (χ4n) is 1.83. The first-order valence-corrected chi connectivity index (χ1v) is 8.75. The van der Waals surface area contributed by atoms with Crippen molar-refractivity contribution in [2.24, 2.45) is 0 Å². The molecule has 1 amide bonds. The van der Waals surface area contributed by atoms with E-state index in [2.05, 4.69) is 28.3 Å². The largest absolute Gasteiger partial charge is 0.481 e. The summed E-state index contributed by atoms with van der Waals surface area (Å²) >= 11 is 3.02. The van der Waals surface area contributed by atoms with Crippen LogP contribution in [0.5, 0.6) is 0 Å². The van der Waals surface area contributed by atoms with Crippen molar-refractivity contribution in [3.63, 3.8) is 0 Å². The topological polar surface area (TPSA) is 92.2 Å². The monoisotopic (exact) mass is 339 g/mol. The highest BCUT2D eigenvalue weighted by Crippen LogP contribution is 2.30. The Morgan fingerprint density at radius 1 is 1.41 bits per heavy atom. The predicted molar refractivity (Wildman–Crippen MR) is 87.4 cm³/mol. The van der Waals surface area contributed by atoms with Gasteiger partial charge in [-0.2, -0.15) is 0 Å². The molecule has 0 aliphatic heterocycles. The second kappa shape index (κ2) is 8.09. The molecule has 0 radical (unpaired) electrons.